The Bertz CT molecular complexity index is 279. The Kier molecular flexibility index (Phi) is 5.60. The molecule has 3 atom stereocenters. The van der Waals surface area contributed by atoms with Crippen LogP contribution in [0.2, 0.25) is 0 Å². The van der Waals surface area contributed by atoms with Gasteiger partial charge in [0.15, 0.2) is 0 Å². The van der Waals surface area contributed by atoms with Crippen molar-refractivity contribution in [2.75, 3.05) is 13.7 Å². The highest BCUT2D eigenvalue weighted by Gasteiger charge is 2.49. The van der Waals surface area contributed by atoms with E-state index in [2.05, 4.69) is 26.1 Å². The van der Waals surface area contributed by atoms with Crippen molar-refractivity contribution < 1.29 is 9.53 Å². The van der Waals surface area contributed by atoms with E-state index in [0.29, 0.717) is 18.9 Å². The van der Waals surface area contributed by atoms with Crippen LogP contribution in [-0.2, 0) is 9.53 Å². The fourth-order valence-corrected chi connectivity index (χ4v) is 2.60. The molecule has 18 heavy (non-hydrogen) atoms. The molecule has 0 aromatic rings. The molecule has 0 spiro atoms. The highest BCUT2D eigenvalue weighted by Crippen LogP contribution is 2.42. The first-order valence-corrected chi connectivity index (χ1v) is 6.94. The summed E-state index contributed by atoms with van der Waals surface area (Å²) in [5, 5.41) is 3.12. The van der Waals surface area contributed by atoms with Crippen LogP contribution in [0, 0.1) is 11.3 Å². The van der Waals surface area contributed by atoms with Crippen LogP contribution in [0.5, 0.6) is 0 Å². The molecule has 106 valence electrons. The van der Waals surface area contributed by atoms with Crippen LogP contribution in [0.15, 0.2) is 0 Å². The van der Waals surface area contributed by atoms with E-state index in [0.717, 1.165) is 19.3 Å². The molecule has 3 N–H and O–H groups in total. The van der Waals surface area contributed by atoms with Gasteiger partial charge in [-0.1, -0.05) is 20.8 Å². The second-order valence-corrected chi connectivity index (χ2v) is 6.12. The lowest BCUT2D eigenvalue weighted by Gasteiger charge is -2.51. The quantitative estimate of drug-likeness (QED) is 0.728. The Balaban J connectivity index is 2.26. The van der Waals surface area contributed by atoms with E-state index in [9.17, 15) is 4.79 Å². The molecule has 3 unspecified atom stereocenters. The van der Waals surface area contributed by atoms with Crippen molar-refractivity contribution >= 4 is 5.91 Å². The highest BCUT2D eigenvalue weighted by atomic mass is 16.5. The zero-order valence-corrected chi connectivity index (χ0v) is 12.2. The number of hydrogen-bond acceptors (Lipinski definition) is 3. The fraction of sp³-hybridized carbons (Fsp3) is 0.929. The van der Waals surface area contributed by atoms with Crippen molar-refractivity contribution in [3.8, 4) is 0 Å². The monoisotopic (exact) mass is 256 g/mol. The van der Waals surface area contributed by atoms with E-state index in [4.69, 9.17) is 10.5 Å². The van der Waals surface area contributed by atoms with Gasteiger partial charge in [0.05, 0.1) is 6.10 Å². The van der Waals surface area contributed by atoms with E-state index in [1.165, 1.54) is 0 Å². The fourth-order valence-electron chi connectivity index (χ4n) is 2.60. The summed E-state index contributed by atoms with van der Waals surface area (Å²) in [4.78, 5) is 11.9. The van der Waals surface area contributed by atoms with Crippen molar-refractivity contribution in [1.82, 2.24) is 5.32 Å². The van der Waals surface area contributed by atoms with Gasteiger partial charge in [-0.2, -0.15) is 0 Å². The average Bonchev–Trinajstić information content (AvgIpc) is 2.31. The zero-order valence-electron chi connectivity index (χ0n) is 12.2. The minimum absolute atomic E-state index is 0.0489. The summed E-state index contributed by atoms with van der Waals surface area (Å²) in [6, 6.07) is 0.250. The minimum atomic E-state index is 0.0489. The van der Waals surface area contributed by atoms with E-state index >= 15 is 0 Å². The number of nitrogens with one attached hydrogen (secondary N) is 1. The molecule has 0 bridgehead atoms. The number of nitrogens with two attached hydrogens (primary N) is 1. The maximum Gasteiger partial charge on any atom is 0.220 e. The van der Waals surface area contributed by atoms with E-state index in [-0.39, 0.29) is 23.5 Å². The van der Waals surface area contributed by atoms with Crippen LogP contribution in [-0.4, -0.2) is 31.7 Å². The Labute approximate surface area is 111 Å². The molecule has 4 heteroatoms. The summed E-state index contributed by atoms with van der Waals surface area (Å²) in [5.74, 6) is 0.688. The highest BCUT2D eigenvalue weighted by molar-refractivity contribution is 5.76. The first kappa shape index (κ1) is 15.4. The lowest BCUT2D eigenvalue weighted by molar-refractivity contribution is -0.132. The lowest BCUT2D eigenvalue weighted by atomic mass is 9.64. The number of rotatable bonds is 7. The summed E-state index contributed by atoms with van der Waals surface area (Å²) >= 11 is 0. The second-order valence-electron chi connectivity index (χ2n) is 6.12. The van der Waals surface area contributed by atoms with Gasteiger partial charge >= 0.3 is 0 Å². The summed E-state index contributed by atoms with van der Waals surface area (Å²) in [7, 11) is 1.74. The first-order valence-electron chi connectivity index (χ1n) is 6.94. The van der Waals surface area contributed by atoms with Gasteiger partial charge in [0.2, 0.25) is 5.91 Å². The molecule has 0 aliphatic heterocycles. The molecular weight excluding hydrogens is 228 g/mol. The second kappa shape index (κ2) is 6.53. The largest absolute Gasteiger partial charge is 0.381 e. The molecule has 0 aromatic heterocycles. The van der Waals surface area contributed by atoms with Gasteiger partial charge in [-0.15, -0.1) is 0 Å². The summed E-state index contributed by atoms with van der Waals surface area (Å²) in [6.45, 7) is 7.14. The van der Waals surface area contributed by atoms with Crippen LogP contribution in [0.4, 0.5) is 0 Å². The van der Waals surface area contributed by atoms with Crippen LogP contribution in [0.3, 0.4) is 0 Å². The summed E-state index contributed by atoms with van der Waals surface area (Å²) in [5.41, 5.74) is 5.55. The predicted octanol–water partition coefficient (Wildman–Crippen LogP) is 1.68. The van der Waals surface area contributed by atoms with Gasteiger partial charge < -0.3 is 15.8 Å². The molecule has 4 nitrogen and oxygen atoms in total. The van der Waals surface area contributed by atoms with E-state index in [1.807, 2.05) is 0 Å². The molecule has 0 aromatic carbocycles. The molecule has 0 heterocycles. The minimum Gasteiger partial charge on any atom is -0.381 e. The molecule has 1 saturated carbocycles. The molecule has 1 aliphatic rings. The van der Waals surface area contributed by atoms with Crippen LogP contribution < -0.4 is 11.1 Å². The van der Waals surface area contributed by atoms with Gasteiger partial charge in [0.25, 0.3) is 0 Å². The van der Waals surface area contributed by atoms with Crippen molar-refractivity contribution in [2.45, 2.75) is 58.6 Å². The lowest BCUT2D eigenvalue weighted by Crippen LogP contribution is -2.61. The Morgan fingerprint density at radius 3 is 2.67 bits per heavy atom. The van der Waals surface area contributed by atoms with Crippen LogP contribution >= 0.6 is 0 Å². The third-order valence-corrected chi connectivity index (χ3v) is 4.32. The number of ether oxygens (including phenoxy) is 1. The molecule has 1 rings (SSSR count). The maximum absolute atomic E-state index is 11.9. The smallest absolute Gasteiger partial charge is 0.220 e. The normalized spacial score (nSPS) is 27.4. The first-order chi connectivity index (χ1) is 8.41. The van der Waals surface area contributed by atoms with E-state index in [1.54, 1.807) is 7.11 Å². The van der Waals surface area contributed by atoms with Crippen LogP contribution in [0.1, 0.15) is 46.5 Å². The number of carbonyl (C=O) groups is 1. The Morgan fingerprint density at radius 2 is 2.17 bits per heavy atom. The van der Waals surface area contributed by atoms with Crippen molar-refractivity contribution in [1.29, 1.82) is 0 Å². The number of carbonyl (C=O) groups excluding carboxylic acids is 1. The molecular formula is C14H28N2O2. The Hall–Kier alpha value is -0.610. The van der Waals surface area contributed by atoms with Gasteiger partial charge in [0, 0.05) is 25.0 Å². The predicted molar refractivity (Wildman–Crippen MR) is 73.2 cm³/mol. The van der Waals surface area contributed by atoms with Gasteiger partial charge in [0.1, 0.15) is 0 Å². The van der Waals surface area contributed by atoms with Gasteiger partial charge in [-0.25, -0.2) is 0 Å². The average molecular weight is 256 g/mol. The number of methoxy groups -OCH3 is 1. The SMILES string of the molecule is COC1CC(NC(=O)CCC(C)CCN)C1(C)C. The topological polar surface area (TPSA) is 64.3 Å². The zero-order chi connectivity index (χ0) is 13.8. The van der Waals surface area contributed by atoms with Gasteiger partial charge in [-0.3, -0.25) is 4.79 Å². The van der Waals surface area contributed by atoms with Crippen molar-refractivity contribution in [3.63, 3.8) is 0 Å². The Morgan fingerprint density at radius 1 is 1.50 bits per heavy atom. The molecule has 1 aliphatic carbocycles. The number of hydrogen-bond donors (Lipinski definition) is 2. The molecule has 0 radical (unpaired) electrons. The number of amides is 1. The third kappa shape index (κ3) is 3.69. The van der Waals surface area contributed by atoms with Crippen molar-refractivity contribution in [2.24, 2.45) is 17.1 Å². The summed E-state index contributed by atoms with van der Waals surface area (Å²) < 4.78 is 5.38. The van der Waals surface area contributed by atoms with E-state index < -0.39 is 0 Å². The maximum atomic E-state index is 11.9. The summed E-state index contributed by atoms with van der Waals surface area (Å²) in [6.07, 6.45) is 3.70. The van der Waals surface area contributed by atoms with Gasteiger partial charge in [-0.05, 0) is 31.7 Å². The molecule has 0 saturated heterocycles. The standard InChI is InChI=1S/C14H28N2O2/c1-10(7-8-15)5-6-13(17)16-11-9-12(18-4)14(11,2)3/h10-12H,5-9,15H2,1-4H3,(H,16,17). The van der Waals surface area contributed by atoms with Crippen molar-refractivity contribution in [3.05, 3.63) is 0 Å². The molecule has 1 amide bonds. The third-order valence-electron chi connectivity index (χ3n) is 4.32. The molecule has 1 fully saturated rings. The van der Waals surface area contributed by atoms with Crippen LogP contribution in [0.25, 0.3) is 0 Å².